The molecular formula is C14H19NO5S. The molecule has 0 saturated heterocycles. The van der Waals surface area contributed by atoms with Crippen LogP contribution in [0.3, 0.4) is 0 Å². The molecule has 0 radical (unpaired) electrons. The van der Waals surface area contributed by atoms with E-state index >= 15 is 0 Å². The van der Waals surface area contributed by atoms with E-state index in [2.05, 4.69) is 4.72 Å². The van der Waals surface area contributed by atoms with Gasteiger partial charge in [0.25, 0.3) is 0 Å². The summed E-state index contributed by atoms with van der Waals surface area (Å²) in [6.45, 7) is 1.49. The molecule has 0 heterocycles. The molecule has 1 aliphatic rings. The van der Waals surface area contributed by atoms with Crippen LogP contribution < -0.4 is 4.72 Å². The Morgan fingerprint density at radius 2 is 1.86 bits per heavy atom. The van der Waals surface area contributed by atoms with Crippen molar-refractivity contribution in [2.45, 2.75) is 49.6 Å². The minimum absolute atomic E-state index is 0.00600. The van der Waals surface area contributed by atoms with Crippen molar-refractivity contribution in [2.75, 3.05) is 0 Å². The van der Waals surface area contributed by atoms with Crippen molar-refractivity contribution in [2.24, 2.45) is 0 Å². The van der Waals surface area contributed by atoms with Crippen LogP contribution in [-0.4, -0.2) is 36.7 Å². The summed E-state index contributed by atoms with van der Waals surface area (Å²) < 4.78 is 27.4. The first-order chi connectivity index (χ1) is 9.81. The van der Waals surface area contributed by atoms with Gasteiger partial charge in [-0.3, -0.25) is 0 Å². The number of carboxylic acid groups (broad SMARTS) is 1. The lowest BCUT2D eigenvalue weighted by atomic mass is 9.94. The molecule has 2 rings (SSSR count). The molecule has 0 spiro atoms. The van der Waals surface area contributed by atoms with Crippen LogP contribution >= 0.6 is 0 Å². The van der Waals surface area contributed by atoms with Crippen LogP contribution in [0.1, 0.15) is 41.6 Å². The molecule has 1 fully saturated rings. The van der Waals surface area contributed by atoms with Crippen LogP contribution in [0.25, 0.3) is 0 Å². The van der Waals surface area contributed by atoms with Gasteiger partial charge >= 0.3 is 5.97 Å². The first-order valence-corrected chi connectivity index (χ1v) is 8.33. The molecule has 0 amide bonds. The van der Waals surface area contributed by atoms with Gasteiger partial charge in [0.15, 0.2) is 0 Å². The highest BCUT2D eigenvalue weighted by atomic mass is 32.2. The standard InChI is InChI=1S/C14H19NO5S/c1-9-12(14(17)18)3-2-4-13(9)21(19,20)15-10-5-7-11(16)8-6-10/h2-4,10-11,15-16H,5-8H2,1H3,(H,17,18). The van der Waals surface area contributed by atoms with Crippen LogP contribution in [0, 0.1) is 6.92 Å². The molecule has 7 heteroatoms. The summed E-state index contributed by atoms with van der Waals surface area (Å²) in [6, 6.07) is 4.00. The number of benzene rings is 1. The van der Waals surface area contributed by atoms with Crippen LogP contribution in [-0.2, 0) is 10.0 Å². The molecule has 6 nitrogen and oxygen atoms in total. The van der Waals surface area contributed by atoms with Gasteiger partial charge in [-0.15, -0.1) is 0 Å². The molecule has 0 aliphatic heterocycles. The number of carbonyl (C=O) groups is 1. The van der Waals surface area contributed by atoms with E-state index in [-0.39, 0.29) is 28.2 Å². The lowest BCUT2D eigenvalue weighted by molar-refractivity contribution is 0.0695. The van der Waals surface area contributed by atoms with Crippen molar-refractivity contribution in [1.29, 1.82) is 0 Å². The molecule has 3 N–H and O–H groups in total. The summed E-state index contributed by atoms with van der Waals surface area (Å²) in [5.41, 5.74) is 0.213. The van der Waals surface area contributed by atoms with Crippen molar-refractivity contribution >= 4 is 16.0 Å². The van der Waals surface area contributed by atoms with Crippen LogP contribution in [0.5, 0.6) is 0 Å². The van der Waals surface area contributed by atoms with Gasteiger partial charge in [0, 0.05) is 6.04 Å². The Labute approximate surface area is 123 Å². The third-order valence-electron chi connectivity index (χ3n) is 3.82. The molecule has 1 saturated carbocycles. The molecule has 1 aliphatic carbocycles. The zero-order valence-electron chi connectivity index (χ0n) is 11.7. The summed E-state index contributed by atoms with van der Waals surface area (Å²) in [5, 5.41) is 18.5. The Bertz CT molecular complexity index is 633. The van der Waals surface area contributed by atoms with Crippen molar-refractivity contribution in [3.8, 4) is 0 Å². The highest BCUT2D eigenvalue weighted by molar-refractivity contribution is 7.89. The Kier molecular flexibility index (Phi) is 4.65. The van der Waals surface area contributed by atoms with Gasteiger partial charge in [-0.05, 0) is 50.3 Å². The number of sulfonamides is 1. The molecule has 0 unspecified atom stereocenters. The third kappa shape index (κ3) is 3.61. The van der Waals surface area contributed by atoms with E-state index in [1.54, 1.807) is 0 Å². The van der Waals surface area contributed by atoms with Crippen molar-refractivity contribution in [3.63, 3.8) is 0 Å². The molecule has 116 valence electrons. The van der Waals surface area contributed by atoms with Gasteiger partial charge in [0.05, 0.1) is 16.6 Å². The second kappa shape index (κ2) is 6.13. The largest absolute Gasteiger partial charge is 0.478 e. The SMILES string of the molecule is Cc1c(C(=O)O)cccc1S(=O)(=O)NC1CCC(O)CC1. The second-order valence-electron chi connectivity index (χ2n) is 5.36. The summed E-state index contributed by atoms with van der Waals surface area (Å²) in [5.74, 6) is -1.15. The summed E-state index contributed by atoms with van der Waals surface area (Å²) in [4.78, 5) is 11.1. The van der Waals surface area contributed by atoms with Gasteiger partial charge in [-0.1, -0.05) is 6.07 Å². The molecular weight excluding hydrogens is 294 g/mol. The average molecular weight is 313 g/mol. The number of nitrogens with one attached hydrogen (secondary N) is 1. The fourth-order valence-corrected chi connectivity index (χ4v) is 4.19. The highest BCUT2D eigenvalue weighted by Crippen LogP contribution is 2.23. The first kappa shape index (κ1) is 15.9. The Morgan fingerprint density at radius 3 is 2.43 bits per heavy atom. The maximum Gasteiger partial charge on any atom is 0.335 e. The van der Waals surface area contributed by atoms with E-state index in [1.165, 1.54) is 25.1 Å². The van der Waals surface area contributed by atoms with E-state index in [4.69, 9.17) is 5.11 Å². The van der Waals surface area contributed by atoms with Crippen LogP contribution in [0.15, 0.2) is 23.1 Å². The van der Waals surface area contributed by atoms with E-state index < -0.39 is 16.0 Å². The quantitative estimate of drug-likeness (QED) is 0.776. The minimum atomic E-state index is -3.76. The zero-order chi connectivity index (χ0) is 15.6. The van der Waals surface area contributed by atoms with Gasteiger partial charge in [-0.2, -0.15) is 0 Å². The molecule has 1 aromatic rings. The average Bonchev–Trinajstić information content (AvgIpc) is 2.41. The topological polar surface area (TPSA) is 104 Å². The Morgan fingerprint density at radius 1 is 1.24 bits per heavy atom. The predicted octanol–water partition coefficient (Wildman–Crippen LogP) is 1.28. The van der Waals surface area contributed by atoms with Gasteiger partial charge in [0.2, 0.25) is 10.0 Å². The number of aliphatic hydroxyl groups excluding tert-OH is 1. The third-order valence-corrected chi connectivity index (χ3v) is 5.49. The lowest BCUT2D eigenvalue weighted by Gasteiger charge is -2.26. The molecule has 0 atom stereocenters. The van der Waals surface area contributed by atoms with Crippen molar-refractivity contribution in [3.05, 3.63) is 29.3 Å². The smallest absolute Gasteiger partial charge is 0.335 e. The predicted molar refractivity (Wildman–Crippen MR) is 76.7 cm³/mol. The number of hydrogen-bond donors (Lipinski definition) is 3. The zero-order valence-corrected chi connectivity index (χ0v) is 12.6. The molecule has 0 aromatic heterocycles. The first-order valence-electron chi connectivity index (χ1n) is 6.84. The maximum atomic E-state index is 12.4. The minimum Gasteiger partial charge on any atom is -0.478 e. The second-order valence-corrected chi connectivity index (χ2v) is 7.04. The van der Waals surface area contributed by atoms with Gasteiger partial charge < -0.3 is 10.2 Å². The van der Waals surface area contributed by atoms with E-state index in [0.29, 0.717) is 25.7 Å². The summed E-state index contributed by atoms with van der Waals surface area (Å²) in [6.07, 6.45) is 1.95. The number of aliphatic hydroxyl groups is 1. The number of aromatic carboxylic acids is 1. The number of carboxylic acids is 1. The molecule has 21 heavy (non-hydrogen) atoms. The van der Waals surface area contributed by atoms with Gasteiger partial charge in [-0.25, -0.2) is 17.9 Å². The van der Waals surface area contributed by atoms with Crippen molar-refractivity contribution in [1.82, 2.24) is 4.72 Å². The van der Waals surface area contributed by atoms with E-state index in [9.17, 15) is 18.3 Å². The molecule has 1 aromatic carbocycles. The summed E-state index contributed by atoms with van der Waals surface area (Å²) >= 11 is 0. The van der Waals surface area contributed by atoms with Gasteiger partial charge in [0.1, 0.15) is 0 Å². The summed E-state index contributed by atoms with van der Waals surface area (Å²) in [7, 11) is -3.76. The lowest BCUT2D eigenvalue weighted by Crippen LogP contribution is -2.38. The molecule has 0 bridgehead atoms. The maximum absolute atomic E-state index is 12.4. The monoisotopic (exact) mass is 313 g/mol. The van der Waals surface area contributed by atoms with Crippen LogP contribution in [0.2, 0.25) is 0 Å². The highest BCUT2D eigenvalue weighted by Gasteiger charge is 2.26. The fraction of sp³-hybridized carbons (Fsp3) is 0.500. The number of hydrogen-bond acceptors (Lipinski definition) is 4. The van der Waals surface area contributed by atoms with Crippen molar-refractivity contribution < 1.29 is 23.4 Å². The van der Waals surface area contributed by atoms with E-state index in [0.717, 1.165) is 0 Å². The fourth-order valence-electron chi connectivity index (χ4n) is 2.61. The Balaban J connectivity index is 2.24. The van der Waals surface area contributed by atoms with E-state index in [1.807, 2.05) is 0 Å². The Hall–Kier alpha value is -1.44. The normalized spacial score (nSPS) is 23.0. The van der Waals surface area contributed by atoms with Crippen LogP contribution in [0.4, 0.5) is 0 Å². The number of rotatable bonds is 4.